The Labute approximate surface area is 143 Å². The third-order valence-corrected chi connectivity index (χ3v) is 4.25. The zero-order valence-corrected chi connectivity index (χ0v) is 13.9. The highest BCUT2D eigenvalue weighted by Gasteiger charge is 2.18. The van der Waals surface area contributed by atoms with Gasteiger partial charge in [-0.2, -0.15) is 0 Å². The monoisotopic (exact) mass is 318 g/mol. The molecule has 2 aromatic carbocycles. The molecule has 24 heavy (non-hydrogen) atoms. The molecule has 3 nitrogen and oxygen atoms in total. The van der Waals surface area contributed by atoms with Gasteiger partial charge in [0.2, 0.25) is 5.91 Å². The number of aryl methyl sites for hydroxylation is 1. The fourth-order valence-electron chi connectivity index (χ4n) is 2.94. The number of nitrogens with one attached hydrogen (secondary N) is 1. The molecule has 1 N–H and O–H groups in total. The number of rotatable bonds is 6. The molecule has 1 amide bonds. The van der Waals surface area contributed by atoms with Crippen molar-refractivity contribution < 1.29 is 4.79 Å². The van der Waals surface area contributed by atoms with E-state index < -0.39 is 0 Å². The molecule has 1 heterocycles. The van der Waals surface area contributed by atoms with E-state index in [1.807, 2.05) is 67.0 Å². The first kappa shape index (κ1) is 16.1. The lowest BCUT2D eigenvalue weighted by molar-refractivity contribution is -0.121. The molecule has 0 saturated heterocycles. The Morgan fingerprint density at radius 1 is 0.958 bits per heavy atom. The first-order chi connectivity index (χ1) is 11.7. The lowest BCUT2D eigenvalue weighted by Gasteiger charge is -2.21. The fourth-order valence-corrected chi connectivity index (χ4v) is 2.94. The van der Waals surface area contributed by atoms with Crippen LogP contribution in [-0.4, -0.2) is 10.5 Å². The third kappa shape index (κ3) is 3.93. The molecule has 0 radical (unpaired) electrons. The van der Waals surface area contributed by atoms with Gasteiger partial charge in [0.1, 0.15) is 0 Å². The second kappa shape index (κ2) is 7.64. The Morgan fingerprint density at radius 3 is 2.33 bits per heavy atom. The van der Waals surface area contributed by atoms with E-state index in [0.717, 1.165) is 5.56 Å². The molecule has 0 bridgehead atoms. The summed E-state index contributed by atoms with van der Waals surface area (Å²) in [5.41, 5.74) is 3.50. The maximum absolute atomic E-state index is 12.5. The van der Waals surface area contributed by atoms with Crippen molar-refractivity contribution >= 4 is 5.91 Å². The minimum atomic E-state index is 0.0111. The predicted octanol–water partition coefficient (Wildman–Crippen LogP) is 4.09. The maximum Gasteiger partial charge on any atom is 0.222 e. The summed E-state index contributed by atoms with van der Waals surface area (Å²) in [6.07, 6.45) is 4.45. The summed E-state index contributed by atoms with van der Waals surface area (Å²) in [4.78, 5) is 12.5. The molecule has 0 fully saturated rings. The summed E-state index contributed by atoms with van der Waals surface area (Å²) >= 11 is 0. The van der Waals surface area contributed by atoms with Crippen LogP contribution >= 0.6 is 0 Å². The lowest BCUT2D eigenvalue weighted by atomic mass is 9.98. The number of hydrogen-bond acceptors (Lipinski definition) is 1. The number of benzene rings is 2. The zero-order chi connectivity index (χ0) is 16.8. The van der Waals surface area contributed by atoms with Crippen molar-refractivity contribution in [3.63, 3.8) is 0 Å². The van der Waals surface area contributed by atoms with Crippen LogP contribution in [-0.2, 0) is 11.3 Å². The highest BCUT2D eigenvalue weighted by Crippen LogP contribution is 2.25. The molecule has 122 valence electrons. The number of hydrogen-bond donors (Lipinski definition) is 1. The average Bonchev–Trinajstić information content (AvgIpc) is 3.14. The van der Waals surface area contributed by atoms with E-state index in [-0.39, 0.29) is 11.9 Å². The second-order valence-corrected chi connectivity index (χ2v) is 5.97. The molecule has 3 heteroatoms. The SMILES string of the molecule is Cc1ccccc1[C@@H](CC(=O)NCc1ccccc1)n1cccc1. The number of amides is 1. The molecule has 1 atom stereocenters. The van der Waals surface area contributed by atoms with Gasteiger partial charge in [0.25, 0.3) is 0 Å². The average molecular weight is 318 g/mol. The first-order valence-corrected chi connectivity index (χ1v) is 8.22. The molecule has 0 aliphatic heterocycles. The Bertz CT molecular complexity index is 779. The summed E-state index contributed by atoms with van der Waals surface area (Å²) in [7, 11) is 0. The smallest absolute Gasteiger partial charge is 0.222 e. The van der Waals surface area contributed by atoms with E-state index >= 15 is 0 Å². The highest BCUT2D eigenvalue weighted by atomic mass is 16.1. The largest absolute Gasteiger partial charge is 0.352 e. The molecule has 0 saturated carbocycles. The van der Waals surface area contributed by atoms with Crippen LogP contribution in [0.1, 0.15) is 29.2 Å². The summed E-state index contributed by atoms with van der Waals surface area (Å²) in [5, 5.41) is 3.03. The van der Waals surface area contributed by atoms with Crippen molar-refractivity contribution in [2.24, 2.45) is 0 Å². The minimum absolute atomic E-state index is 0.0111. The minimum Gasteiger partial charge on any atom is -0.352 e. The number of nitrogens with zero attached hydrogens (tertiary/aromatic N) is 1. The summed E-state index contributed by atoms with van der Waals surface area (Å²) in [6, 6.07) is 22.2. The first-order valence-electron chi connectivity index (χ1n) is 8.22. The topological polar surface area (TPSA) is 34.0 Å². The molecule has 0 unspecified atom stereocenters. The van der Waals surface area contributed by atoms with E-state index in [1.54, 1.807) is 0 Å². The van der Waals surface area contributed by atoms with Crippen molar-refractivity contribution in [1.29, 1.82) is 0 Å². The van der Waals surface area contributed by atoms with Gasteiger partial charge in [-0.25, -0.2) is 0 Å². The van der Waals surface area contributed by atoms with Gasteiger partial charge in [-0.05, 0) is 35.7 Å². The van der Waals surface area contributed by atoms with E-state index in [2.05, 4.69) is 28.9 Å². The van der Waals surface area contributed by atoms with Crippen LogP contribution in [0, 0.1) is 6.92 Å². The van der Waals surface area contributed by atoms with E-state index in [1.165, 1.54) is 11.1 Å². The molecule has 3 aromatic rings. The molecular formula is C21H22N2O. The van der Waals surface area contributed by atoms with Gasteiger partial charge in [-0.3, -0.25) is 4.79 Å². The number of carbonyl (C=O) groups is 1. The van der Waals surface area contributed by atoms with E-state index in [4.69, 9.17) is 0 Å². The zero-order valence-electron chi connectivity index (χ0n) is 13.9. The molecule has 0 aliphatic carbocycles. The van der Waals surface area contributed by atoms with Gasteiger partial charge >= 0.3 is 0 Å². The van der Waals surface area contributed by atoms with Crippen molar-refractivity contribution in [3.8, 4) is 0 Å². The summed E-state index contributed by atoms with van der Waals surface area (Å²) < 4.78 is 2.10. The van der Waals surface area contributed by atoms with Gasteiger partial charge in [-0.15, -0.1) is 0 Å². The van der Waals surface area contributed by atoms with Crippen LogP contribution < -0.4 is 5.32 Å². The maximum atomic E-state index is 12.5. The molecule has 0 aliphatic rings. The van der Waals surface area contributed by atoms with Crippen molar-refractivity contribution in [2.45, 2.75) is 25.9 Å². The summed E-state index contributed by atoms with van der Waals surface area (Å²) in [5.74, 6) is 0.0563. The Morgan fingerprint density at radius 2 is 1.62 bits per heavy atom. The molecule has 0 spiro atoms. The fraction of sp³-hybridized carbons (Fsp3) is 0.190. The van der Waals surface area contributed by atoms with Crippen LogP contribution in [0.3, 0.4) is 0 Å². The Kier molecular flexibility index (Phi) is 5.12. The lowest BCUT2D eigenvalue weighted by Crippen LogP contribution is -2.26. The van der Waals surface area contributed by atoms with Crippen LogP contribution in [0.15, 0.2) is 79.1 Å². The number of carbonyl (C=O) groups excluding carboxylic acids is 1. The van der Waals surface area contributed by atoms with Crippen LogP contribution in [0.25, 0.3) is 0 Å². The molecule has 3 rings (SSSR count). The standard InChI is InChI=1S/C21H22N2O/c1-17-9-5-6-12-19(17)20(23-13-7-8-14-23)15-21(24)22-16-18-10-3-2-4-11-18/h2-14,20H,15-16H2,1H3,(H,22,24)/t20-/m1/s1. The third-order valence-electron chi connectivity index (χ3n) is 4.25. The normalized spacial score (nSPS) is 11.9. The van der Waals surface area contributed by atoms with E-state index in [0.29, 0.717) is 13.0 Å². The Hall–Kier alpha value is -2.81. The van der Waals surface area contributed by atoms with Gasteiger partial charge in [-0.1, -0.05) is 54.6 Å². The van der Waals surface area contributed by atoms with Gasteiger partial charge in [0, 0.05) is 18.9 Å². The predicted molar refractivity (Wildman–Crippen MR) is 96.7 cm³/mol. The quantitative estimate of drug-likeness (QED) is 0.729. The second-order valence-electron chi connectivity index (χ2n) is 5.97. The Balaban J connectivity index is 1.73. The number of aromatic nitrogens is 1. The molecular weight excluding hydrogens is 296 g/mol. The highest BCUT2D eigenvalue weighted by molar-refractivity contribution is 5.77. The summed E-state index contributed by atoms with van der Waals surface area (Å²) in [6.45, 7) is 2.65. The van der Waals surface area contributed by atoms with Crippen molar-refractivity contribution in [1.82, 2.24) is 9.88 Å². The van der Waals surface area contributed by atoms with Crippen LogP contribution in [0.4, 0.5) is 0 Å². The van der Waals surface area contributed by atoms with Crippen molar-refractivity contribution in [3.05, 3.63) is 95.8 Å². The van der Waals surface area contributed by atoms with Gasteiger partial charge in [0.05, 0.1) is 12.5 Å². The molecule has 1 aromatic heterocycles. The van der Waals surface area contributed by atoms with Crippen LogP contribution in [0.5, 0.6) is 0 Å². The van der Waals surface area contributed by atoms with Gasteiger partial charge < -0.3 is 9.88 Å². The van der Waals surface area contributed by atoms with E-state index in [9.17, 15) is 4.79 Å². The van der Waals surface area contributed by atoms with Gasteiger partial charge in [0.15, 0.2) is 0 Å². The van der Waals surface area contributed by atoms with Crippen LogP contribution in [0.2, 0.25) is 0 Å². The van der Waals surface area contributed by atoms with Crippen molar-refractivity contribution in [2.75, 3.05) is 0 Å².